The van der Waals surface area contributed by atoms with Crippen LogP contribution in [-0.2, 0) is 11.3 Å². The molecule has 1 aromatic rings. The van der Waals surface area contributed by atoms with Gasteiger partial charge in [0.15, 0.2) is 0 Å². The first kappa shape index (κ1) is 16.1. The number of amides is 1. The van der Waals surface area contributed by atoms with Gasteiger partial charge in [0.1, 0.15) is 11.5 Å². The summed E-state index contributed by atoms with van der Waals surface area (Å²) < 4.78 is 10.8. The van der Waals surface area contributed by atoms with E-state index < -0.39 is 0 Å². The first-order chi connectivity index (χ1) is 11.1. The standard InChI is InChI=1S/C18H26N2O3/c1-22-16-7-8-17(23-2)13(10-16)11-20(15-5-6-15)18(21)12-3-4-14(19)9-12/h7-8,10,12,14-15H,3-6,9,11,19H2,1-2H3/t12-,14+/m1/s1. The molecule has 0 aliphatic heterocycles. The molecule has 0 unspecified atom stereocenters. The van der Waals surface area contributed by atoms with Gasteiger partial charge in [0.05, 0.1) is 14.2 Å². The van der Waals surface area contributed by atoms with E-state index >= 15 is 0 Å². The minimum atomic E-state index is 0.0854. The van der Waals surface area contributed by atoms with E-state index in [1.165, 1.54) is 0 Å². The van der Waals surface area contributed by atoms with E-state index in [2.05, 4.69) is 0 Å². The maximum absolute atomic E-state index is 12.9. The molecule has 1 aromatic carbocycles. The van der Waals surface area contributed by atoms with Gasteiger partial charge in [-0.2, -0.15) is 0 Å². The van der Waals surface area contributed by atoms with Gasteiger partial charge < -0.3 is 20.1 Å². The van der Waals surface area contributed by atoms with Crippen molar-refractivity contribution >= 4 is 5.91 Å². The van der Waals surface area contributed by atoms with Crippen molar-refractivity contribution < 1.29 is 14.3 Å². The number of hydrogen-bond donors (Lipinski definition) is 1. The molecule has 2 aliphatic rings. The van der Waals surface area contributed by atoms with E-state index in [-0.39, 0.29) is 17.9 Å². The molecular weight excluding hydrogens is 292 g/mol. The third-order valence-corrected chi connectivity index (χ3v) is 4.92. The predicted octanol–water partition coefficient (Wildman–Crippen LogP) is 2.32. The highest BCUT2D eigenvalue weighted by atomic mass is 16.5. The minimum Gasteiger partial charge on any atom is -0.497 e. The molecule has 2 fully saturated rings. The third kappa shape index (κ3) is 3.61. The number of methoxy groups -OCH3 is 2. The van der Waals surface area contributed by atoms with Crippen LogP contribution < -0.4 is 15.2 Å². The molecule has 0 aromatic heterocycles. The minimum absolute atomic E-state index is 0.0854. The van der Waals surface area contributed by atoms with E-state index in [0.29, 0.717) is 12.6 Å². The van der Waals surface area contributed by atoms with Crippen LogP contribution in [0.4, 0.5) is 0 Å². The monoisotopic (exact) mass is 318 g/mol. The van der Waals surface area contributed by atoms with Crippen molar-refractivity contribution in [2.75, 3.05) is 14.2 Å². The lowest BCUT2D eigenvalue weighted by atomic mass is 10.0. The SMILES string of the molecule is COc1ccc(OC)c(CN(C(=O)[C@@H]2CC[C@H](N)C2)C2CC2)c1. The number of hydrogen-bond acceptors (Lipinski definition) is 4. The van der Waals surface area contributed by atoms with Crippen molar-refractivity contribution in [1.82, 2.24) is 4.90 Å². The van der Waals surface area contributed by atoms with E-state index in [1.54, 1.807) is 14.2 Å². The summed E-state index contributed by atoms with van der Waals surface area (Å²) in [7, 11) is 3.31. The van der Waals surface area contributed by atoms with E-state index in [0.717, 1.165) is 49.2 Å². The Morgan fingerprint density at radius 3 is 2.57 bits per heavy atom. The Kier molecular flexibility index (Phi) is 4.76. The molecule has 3 rings (SSSR count). The lowest BCUT2D eigenvalue weighted by Gasteiger charge is -2.26. The van der Waals surface area contributed by atoms with Crippen LogP contribution in [0.5, 0.6) is 11.5 Å². The van der Waals surface area contributed by atoms with Crippen LogP contribution in [0.25, 0.3) is 0 Å². The highest BCUT2D eigenvalue weighted by Crippen LogP contribution is 2.35. The normalized spacial score (nSPS) is 23.6. The molecule has 2 atom stereocenters. The van der Waals surface area contributed by atoms with Crippen LogP contribution >= 0.6 is 0 Å². The van der Waals surface area contributed by atoms with Gasteiger partial charge in [0.2, 0.25) is 5.91 Å². The number of nitrogens with two attached hydrogens (primary N) is 1. The average Bonchev–Trinajstić information content (AvgIpc) is 3.32. The summed E-state index contributed by atoms with van der Waals surface area (Å²) >= 11 is 0. The zero-order valence-electron chi connectivity index (χ0n) is 14.0. The van der Waals surface area contributed by atoms with Gasteiger partial charge in [-0.15, -0.1) is 0 Å². The molecule has 2 saturated carbocycles. The molecule has 23 heavy (non-hydrogen) atoms. The fraction of sp³-hybridized carbons (Fsp3) is 0.611. The number of ether oxygens (including phenoxy) is 2. The summed E-state index contributed by atoms with van der Waals surface area (Å²) in [4.78, 5) is 15.0. The quantitative estimate of drug-likeness (QED) is 0.874. The van der Waals surface area contributed by atoms with Crippen molar-refractivity contribution in [1.29, 1.82) is 0 Å². The largest absolute Gasteiger partial charge is 0.497 e. The van der Waals surface area contributed by atoms with Crippen molar-refractivity contribution in [2.24, 2.45) is 11.7 Å². The second kappa shape index (κ2) is 6.79. The summed E-state index contributed by atoms with van der Waals surface area (Å²) in [6.45, 7) is 0.579. The number of carbonyl (C=O) groups excluding carboxylic acids is 1. The smallest absolute Gasteiger partial charge is 0.226 e. The molecule has 5 nitrogen and oxygen atoms in total. The summed E-state index contributed by atoms with van der Waals surface area (Å²) in [5.41, 5.74) is 6.98. The lowest BCUT2D eigenvalue weighted by Crippen LogP contribution is -2.37. The Bertz CT molecular complexity index is 571. The number of rotatable bonds is 6. The summed E-state index contributed by atoms with van der Waals surface area (Å²) in [5.74, 6) is 1.92. The van der Waals surface area contributed by atoms with Crippen LogP contribution in [-0.4, -0.2) is 37.1 Å². The fourth-order valence-electron chi connectivity index (χ4n) is 3.44. The molecule has 2 N–H and O–H groups in total. The first-order valence-corrected chi connectivity index (χ1v) is 8.39. The summed E-state index contributed by atoms with van der Waals surface area (Å²) in [6, 6.07) is 6.28. The van der Waals surface area contributed by atoms with E-state index in [4.69, 9.17) is 15.2 Å². The Morgan fingerprint density at radius 1 is 1.22 bits per heavy atom. The lowest BCUT2D eigenvalue weighted by molar-refractivity contribution is -0.136. The Morgan fingerprint density at radius 2 is 2.00 bits per heavy atom. The highest BCUT2D eigenvalue weighted by molar-refractivity contribution is 5.80. The number of nitrogens with zero attached hydrogens (tertiary/aromatic N) is 1. The predicted molar refractivity (Wildman–Crippen MR) is 88.4 cm³/mol. The highest BCUT2D eigenvalue weighted by Gasteiger charge is 2.38. The average molecular weight is 318 g/mol. The molecule has 2 aliphatic carbocycles. The molecular formula is C18H26N2O3. The molecule has 1 amide bonds. The van der Waals surface area contributed by atoms with Gasteiger partial charge in [-0.25, -0.2) is 0 Å². The first-order valence-electron chi connectivity index (χ1n) is 8.39. The Hall–Kier alpha value is -1.75. The van der Waals surface area contributed by atoms with Crippen LogP contribution in [0.2, 0.25) is 0 Å². The molecule has 0 saturated heterocycles. The topological polar surface area (TPSA) is 64.8 Å². The number of carbonyl (C=O) groups is 1. The summed E-state index contributed by atoms with van der Waals surface area (Å²) in [6.07, 6.45) is 4.88. The van der Waals surface area contributed by atoms with Crippen molar-refractivity contribution in [3.8, 4) is 11.5 Å². The van der Waals surface area contributed by atoms with E-state index in [1.807, 2.05) is 23.1 Å². The van der Waals surface area contributed by atoms with Crippen LogP contribution in [0.1, 0.15) is 37.7 Å². The van der Waals surface area contributed by atoms with Gasteiger partial charge in [-0.05, 0) is 50.3 Å². The second-order valence-corrected chi connectivity index (χ2v) is 6.65. The molecule has 0 radical (unpaired) electrons. The van der Waals surface area contributed by atoms with Crippen LogP contribution in [0.15, 0.2) is 18.2 Å². The molecule has 0 spiro atoms. The van der Waals surface area contributed by atoms with Crippen LogP contribution in [0, 0.1) is 5.92 Å². The zero-order valence-corrected chi connectivity index (χ0v) is 14.0. The number of benzene rings is 1. The van der Waals surface area contributed by atoms with Crippen molar-refractivity contribution in [3.63, 3.8) is 0 Å². The molecule has 5 heteroatoms. The Labute approximate surface area is 137 Å². The fourth-order valence-corrected chi connectivity index (χ4v) is 3.44. The van der Waals surface area contributed by atoms with Gasteiger partial charge >= 0.3 is 0 Å². The van der Waals surface area contributed by atoms with Crippen molar-refractivity contribution in [2.45, 2.75) is 50.7 Å². The Balaban J connectivity index is 1.78. The van der Waals surface area contributed by atoms with Gasteiger partial charge in [0.25, 0.3) is 0 Å². The summed E-state index contributed by atoms with van der Waals surface area (Å²) in [5, 5.41) is 0. The molecule has 126 valence electrons. The third-order valence-electron chi connectivity index (χ3n) is 4.92. The maximum atomic E-state index is 12.9. The molecule has 0 heterocycles. The zero-order chi connectivity index (χ0) is 16.4. The second-order valence-electron chi connectivity index (χ2n) is 6.65. The van der Waals surface area contributed by atoms with Crippen molar-refractivity contribution in [3.05, 3.63) is 23.8 Å². The van der Waals surface area contributed by atoms with Gasteiger partial charge in [-0.1, -0.05) is 0 Å². The van der Waals surface area contributed by atoms with Gasteiger partial charge in [0, 0.05) is 30.1 Å². The maximum Gasteiger partial charge on any atom is 0.226 e. The van der Waals surface area contributed by atoms with Crippen LogP contribution in [0.3, 0.4) is 0 Å². The van der Waals surface area contributed by atoms with Gasteiger partial charge in [-0.3, -0.25) is 4.79 Å². The van der Waals surface area contributed by atoms with E-state index in [9.17, 15) is 4.79 Å². The molecule has 0 bridgehead atoms.